The van der Waals surface area contributed by atoms with Gasteiger partial charge in [-0.05, 0) is 36.4 Å². The van der Waals surface area contributed by atoms with E-state index in [4.69, 9.17) is 16.2 Å². The molecule has 0 unspecified atom stereocenters. The summed E-state index contributed by atoms with van der Waals surface area (Å²) in [5.74, 6) is 0.778. The summed E-state index contributed by atoms with van der Waals surface area (Å²) in [6.45, 7) is 3.25. The number of imidazole rings is 1. The number of anilines is 3. The molecule has 0 radical (unpaired) electrons. The average molecular weight is 324 g/mol. The van der Waals surface area contributed by atoms with E-state index in [-0.39, 0.29) is 0 Å². The Hall–Kier alpha value is -2.77. The Bertz CT molecular complexity index is 869. The van der Waals surface area contributed by atoms with Gasteiger partial charge >= 0.3 is 0 Å². The number of hydrogen-bond acceptors (Lipinski definition) is 6. The van der Waals surface area contributed by atoms with Gasteiger partial charge in [0.1, 0.15) is 5.82 Å². The Balaban J connectivity index is 1.61. The lowest BCUT2D eigenvalue weighted by Gasteiger charge is -2.27. The number of nitrogens with zero attached hydrogens (tertiary/aromatic N) is 2. The third-order valence-electron chi connectivity index (χ3n) is 4.14. The first kappa shape index (κ1) is 14.8. The molecule has 7 heteroatoms. The summed E-state index contributed by atoms with van der Waals surface area (Å²) >= 11 is 0. The molecule has 0 amide bonds. The van der Waals surface area contributed by atoms with Crippen molar-refractivity contribution < 1.29 is 4.74 Å². The van der Waals surface area contributed by atoms with Gasteiger partial charge < -0.3 is 26.6 Å². The number of hydrazine groups is 1. The van der Waals surface area contributed by atoms with Gasteiger partial charge in [0, 0.05) is 18.7 Å². The SMILES string of the molecule is Nc1ccc(-c2nc3ccc(NN4CCOCC4)cc3[nH]2)cc1N. The first-order valence-electron chi connectivity index (χ1n) is 7.93. The van der Waals surface area contributed by atoms with Crippen LogP contribution >= 0.6 is 0 Å². The van der Waals surface area contributed by atoms with Crippen LogP contribution in [0.5, 0.6) is 0 Å². The van der Waals surface area contributed by atoms with Crippen LogP contribution in [0.4, 0.5) is 17.1 Å². The van der Waals surface area contributed by atoms with E-state index >= 15 is 0 Å². The quantitative estimate of drug-likeness (QED) is 0.550. The second kappa shape index (κ2) is 6.03. The number of rotatable bonds is 3. The van der Waals surface area contributed by atoms with Gasteiger partial charge in [-0.1, -0.05) is 0 Å². The van der Waals surface area contributed by atoms with Crippen molar-refractivity contribution in [3.05, 3.63) is 36.4 Å². The third kappa shape index (κ3) is 2.86. The second-order valence-corrected chi connectivity index (χ2v) is 5.87. The van der Waals surface area contributed by atoms with Crippen LogP contribution in [-0.4, -0.2) is 41.3 Å². The molecule has 4 rings (SSSR count). The van der Waals surface area contributed by atoms with Gasteiger partial charge in [-0.15, -0.1) is 0 Å². The van der Waals surface area contributed by atoms with Gasteiger partial charge in [0.15, 0.2) is 0 Å². The van der Waals surface area contributed by atoms with Gasteiger partial charge in [0.05, 0.1) is 41.3 Å². The topological polar surface area (TPSA) is 105 Å². The minimum atomic E-state index is 0.558. The third-order valence-corrected chi connectivity index (χ3v) is 4.14. The van der Waals surface area contributed by atoms with Crippen molar-refractivity contribution in [2.45, 2.75) is 0 Å². The van der Waals surface area contributed by atoms with Crippen LogP contribution in [0.25, 0.3) is 22.4 Å². The summed E-state index contributed by atoms with van der Waals surface area (Å²) in [5.41, 5.74) is 20.0. The molecule has 1 fully saturated rings. The highest BCUT2D eigenvalue weighted by atomic mass is 16.5. The minimum absolute atomic E-state index is 0.558. The lowest BCUT2D eigenvalue weighted by molar-refractivity contribution is 0.0497. The Kier molecular flexibility index (Phi) is 3.72. The maximum absolute atomic E-state index is 5.89. The highest BCUT2D eigenvalue weighted by Gasteiger charge is 2.11. The van der Waals surface area contributed by atoms with Crippen molar-refractivity contribution in [3.8, 4) is 11.4 Å². The van der Waals surface area contributed by atoms with Gasteiger partial charge in [-0.2, -0.15) is 0 Å². The fraction of sp³-hybridized carbons (Fsp3) is 0.235. The van der Waals surface area contributed by atoms with Crippen LogP contribution in [0.15, 0.2) is 36.4 Å². The predicted molar refractivity (Wildman–Crippen MR) is 96.4 cm³/mol. The molecule has 0 saturated carbocycles. The number of fused-ring (bicyclic) bond motifs is 1. The van der Waals surface area contributed by atoms with Crippen LogP contribution in [0.1, 0.15) is 0 Å². The summed E-state index contributed by atoms with van der Waals surface area (Å²) in [6, 6.07) is 11.6. The van der Waals surface area contributed by atoms with E-state index < -0.39 is 0 Å². The summed E-state index contributed by atoms with van der Waals surface area (Å²) in [4.78, 5) is 7.97. The van der Waals surface area contributed by atoms with Crippen LogP contribution < -0.4 is 16.9 Å². The zero-order chi connectivity index (χ0) is 16.5. The fourth-order valence-electron chi connectivity index (χ4n) is 2.80. The summed E-state index contributed by atoms with van der Waals surface area (Å²) < 4.78 is 5.36. The summed E-state index contributed by atoms with van der Waals surface area (Å²) in [7, 11) is 0. The number of benzene rings is 2. The van der Waals surface area contributed by atoms with E-state index in [2.05, 4.69) is 26.5 Å². The number of aromatic amines is 1. The van der Waals surface area contributed by atoms with Crippen molar-refractivity contribution in [1.82, 2.24) is 15.0 Å². The molecule has 0 atom stereocenters. The smallest absolute Gasteiger partial charge is 0.138 e. The van der Waals surface area contributed by atoms with Crippen LogP contribution in [0.3, 0.4) is 0 Å². The Morgan fingerprint density at radius 2 is 1.88 bits per heavy atom. The normalized spacial score (nSPS) is 15.7. The molecule has 2 aromatic carbocycles. The van der Waals surface area contributed by atoms with Crippen LogP contribution in [-0.2, 0) is 4.74 Å². The van der Waals surface area contributed by atoms with Crippen molar-refractivity contribution >= 4 is 28.1 Å². The molecule has 1 saturated heterocycles. The lowest BCUT2D eigenvalue weighted by Crippen LogP contribution is -2.40. The van der Waals surface area contributed by atoms with E-state index in [1.807, 2.05) is 24.3 Å². The van der Waals surface area contributed by atoms with Gasteiger partial charge in [-0.25, -0.2) is 9.99 Å². The van der Waals surface area contributed by atoms with E-state index in [1.54, 1.807) is 6.07 Å². The zero-order valence-electron chi connectivity index (χ0n) is 13.2. The molecule has 2 heterocycles. The Morgan fingerprint density at radius 3 is 2.67 bits per heavy atom. The molecular weight excluding hydrogens is 304 g/mol. The number of morpholine rings is 1. The predicted octanol–water partition coefficient (Wildman–Crippen LogP) is 2.05. The second-order valence-electron chi connectivity index (χ2n) is 5.87. The Labute approximate surface area is 139 Å². The molecule has 0 aliphatic carbocycles. The maximum Gasteiger partial charge on any atom is 0.138 e. The summed E-state index contributed by atoms with van der Waals surface area (Å²) in [6.07, 6.45) is 0. The standard InChI is InChI=1S/C17H20N6O/c18-13-3-1-11(9-14(13)19)17-20-15-4-2-12(10-16(15)21-17)22-23-5-7-24-8-6-23/h1-4,9-10,22H,5-8,18-19H2,(H,20,21). The highest BCUT2D eigenvalue weighted by Crippen LogP contribution is 2.26. The van der Waals surface area contributed by atoms with Gasteiger partial charge in [0.25, 0.3) is 0 Å². The number of nitrogens with one attached hydrogen (secondary N) is 2. The molecule has 124 valence electrons. The lowest BCUT2D eigenvalue weighted by atomic mass is 10.1. The first-order valence-corrected chi connectivity index (χ1v) is 7.93. The molecule has 0 spiro atoms. The largest absolute Gasteiger partial charge is 0.397 e. The Morgan fingerprint density at radius 1 is 1.04 bits per heavy atom. The average Bonchev–Trinajstić information content (AvgIpc) is 3.01. The number of hydrogen-bond donors (Lipinski definition) is 4. The summed E-state index contributed by atoms with van der Waals surface area (Å²) in [5, 5.41) is 2.16. The molecule has 7 nitrogen and oxygen atoms in total. The molecular formula is C17H20N6O. The fourth-order valence-corrected chi connectivity index (χ4v) is 2.80. The number of H-pyrrole nitrogens is 1. The van der Waals surface area contributed by atoms with Crippen LogP contribution in [0.2, 0.25) is 0 Å². The molecule has 24 heavy (non-hydrogen) atoms. The van der Waals surface area contributed by atoms with E-state index in [9.17, 15) is 0 Å². The highest BCUT2D eigenvalue weighted by molar-refractivity contribution is 5.83. The van der Waals surface area contributed by atoms with Crippen molar-refractivity contribution in [2.24, 2.45) is 0 Å². The number of ether oxygens (including phenoxy) is 1. The number of nitrogens with two attached hydrogens (primary N) is 2. The van der Waals surface area contributed by atoms with Crippen molar-refractivity contribution in [2.75, 3.05) is 43.2 Å². The maximum atomic E-state index is 5.89. The molecule has 1 aromatic heterocycles. The van der Waals surface area contributed by atoms with E-state index in [0.29, 0.717) is 11.4 Å². The zero-order valence-corrected chi connectivity index (χ0v) is 13.2. The molecule has 0 bridgehead atoms. The number of nitrogen functional groups attached to an aromatic ring is 2. The molecule has 3 aromatic rings. The molecule has 1 aliphatic rings. The van der Waals surface area contributed by atoms with Gasteiger partial charge in [-0.3, -0.25) is 0 Å². The molecule has 6 N–H and O–H groups in total. The van der Waals surface area contributed by atoms with Crippen molar-refractivity contribution in [1.29, 1.82) is 0 Å². The monoisotopic (exact) mass is 324 g/mol. The van der Waals surface area contributed by atoms with Crippen molar-refractivity contribution in [3.63, 3.8) is 0 Å². The first-order chi connectivity index (χ1) is 11.7. The van der Waals surface area contributed by atoms with Crippen LogP contribution in [0, 0.1) is 0 Å². The van der Waals surface area contributed by atoms with E-state index in [1.165, 1.54) is 0 Å². The molecule has 1 aliphatic heterocycles. The van der Waals surface area contributed by atoms with Gasteiger partial charge in [0.2, 0.25) is 0 Å². The van der Waals surface area contributed by atoms with E-state index in [0.717, 1.165) is 54.4 Å². The number of aromatic nitrogens is 2. The minimum Gasteiger partial charge on any atom is -0.397 e.